The standard InChI is InChI=1S/C15H27NO11.Ca.2H/c1-14(2,5-17)12(24)13(25)16-4-3-6(18)27-15(26)10(22)8(20)7(19)9(21)11(15)23;;;/h7-12,17,19-24,26H,3-5H2,1-2H3,(H,16,25);;;/q;+2;2*-1/t7?,8-,9+,10-,11-,12+,15?;;;/m1.../s1. The molecule has 0 aromatic heterocycles. The van der Waals surface area contributed by atoms with E-state index in [1.54, 1.807) is 0 Å². The van der Waals surface area contributed by atoms with Crippen molar-refractivity contribution in [3.8, 4) is 0 Å². The molecule has 1 aliphatic rings. The van der Waals surface area contributed by atoms with E-state index in [9.17, 15) is 45.3 Å². The maximum atomic E-state index is 11.8. The van der Waals surface area contributed by atoms with E-state index in [0.717, 1.165) is 0 Å². The van der Waals surface area contributed by atoms with Gasteiger partial charge in [0.15, 0.2) is 12.2 Å². The van der Waals surface area contributed by atoms with Crippen LogP contribution in [0.4, 0.5) is 0 Å². The Morgan fingerprint density at radius 3 is 2.00 bits per heavy atom. The Morgan fingerprint density at radius 1 is 1.11 bits per heavy atom. The zero-order valence-electron chi connectivity index (χ0n) is 17.6. The SMILES string of the molecule is CC(C)(CO)[C@@H](O)C(=O)NCCC(=O)OC1(O)[C@H](O)[C@H](O)C(O)[C@H](O)[C@H]1O.[Ca+2].[H-].[H-]. The summed E-state index contributed by atoms with van der Waals surface area (Å²) in [6.45, 7) is 2.06. The Balaban J connectivity index is -0.00000243. The first-order chi connectivity index (χ1) is 12.3. The molecule has 28 heavy (non-hydrogen) atoms. The molecule has 9 N–H and O–H groups in total. The van der Waals surface area contributed by atoms with Gasteiger partial charge in [0.25, 0.3) is 5.79 Å². The van der Waals surface area contributed by atoms with E-state index in [1.807, 2.05) is 0 Å². The maximum absolute atomic E-state index is 11.8. The molecule has 1 fully saturated rings. The van der Waals surface area contributed by atoms with Crippen LogP contribution in [0.1, 0.15) is 23.1 Å². The second-order valence-corrected chi connectivity index (χ2v) is 7.18. The Bertz CT molecular complexity index is 541. The molecule has 7 atom stereocenters. The molecule has 1 aliphatic carbocycles. The van der Waals surface area contributed by atoms with Gasteiger partial charge in [-0.15, -0.1) is 0 Å². The zero-order valence-corrected chi connectivity index (χ0v) is 17.8. The van der Waals surface area contributed by atoms with Gasteiger partial charge in [0.05, 0.1) is 13.0 Å². The van der Waals surface area contributed by atoms with Gasteiger partial charge in [0.2, 0.25) is 5.91 Å². The topological polar surface area (TPSA) is 217 Å². The van der Waals surface area contributed by atoms with Crippen molar-refractivity contribution >= 4 is 49.6 Å². The van der Waals surface area contributed by atoms with Crippen LogP contribution in [0.5, 0.6) is 0 Å². The van der Waals surface area contributed by atoms with Crippen molar-refractivity contribution in [1.82, 2.24) is 5.32 Å². The first-order valence-corrected chi connectivity index (χ1v) is 8.20. The second kappa shape index (κ2) is 10.8. The zero-order chi connectivity index (χ0) is 21.2. The van der Waals surface area contributed by atoms with Gasteiger partial charge in [-0.1, -0.05) is 13.8 Å². The number of aliphatic hydroxyl groups excluding tert-OH is 7. The van der Waals surface area contributed by atoms with Crippen LogP contribution in [0.2, 0.25) is 0 Å². The summed E-state index contributed by atoms with van der Waals surface area (Å²) in [6, 6.07) is 0. The quantitative estimate of drug-likeness (QED) is 0.104. The second-order valence-electron chi connectivity index (χ2n) is 7.18. The molecule has 0 aromatic carbocycles. The van der Waals surface area contributed by atoms with E-state index in [1.165, 1.54) is 13.8 Å². The number of hydrogen-bond acceptors (Lipinski definition) is 11. The summed E-state index contributed by atoms with van der Waals surface area (Å²) in [5.74, 6) is -5.17. The minimum atomic E-state index is -3.09. The predicted octanol–water partition coefficient (Wildman–Crippen LogP) is -5.23. The molecule has 0 radical (unpaired) electrons. The van der Waals surface area contributed by atoms with Crippen molar-refractivity contribution in [1.29, 1.82) is 0 Å². The van der Waals surface area contributed by atoms with Crippen LogP contribution < -0.4 is 5.32 Å². The molecule has 0 aliphatic heterocycles. The summed E-state index contributed by atoms with van der Waals surface area (Å²) in [5, 5.41) is 79.3. The summed E-state index contributed by atoms with van der Waals surface area (Å²) in [7, 11) is 0. The monoisotopic (exact) mass is 439 g/mol. The van der Waals surface area contributed by atoms with Crippen LogP contribution in [-0.2, 0) is 14.3 Å². The minimum absolute atomic E-state index is 0. The molecule has 0 aromatic rings. The fraction of sp³-hybridized carbons (Fsp3) is 0.867. The van der Waals surface area contributed by atoms with Crippen molar-refractivity contribution in [2.45, 2.75) is 62.7 Å². The van der Waals surface area contributed by atoms with Crippen molar-refractivity contribution in [3.05, 3.63) is 0 Å². The van der Waals surface area contributed by atoms with Crippen LogP contribution in [0.25, 0.3) is 0 Å². The Hall–Kier alpha value is -0.120. The number of esters is 1. The van der Waals surface area contributed by atoms with Crippen molar-refractivity contribution in [3.63, 3.8) is 0 Å². The number of hydrogen-bond donors (Lipinski definition) is 9. The van der Waals surface area contributed by atoms with Crippen LogP contribution >= 0.6 is 0 Å². The van der Waals surface area contributed by atoms with Gasteiger partial charge in [0, 0.05) is 12.0 Å². The smallest absolute Gasteiger partial charge is 1.00 e. The van der Waals surface area contributed by atoms with Gasteiger partial charge >= 0.3 is 43.7 Å². The van der Waals surface area contributed by atoms with Crippen molar-refractivity contribution in [2.24, 2.45) is 5.41 Å². The molecule has 2 unspecified atom stereocenters. The number of rotatable bonds is 7. The third kappa shape index (κ3) is 5.95. The summed E-state index contributed by atoms with van der Waals surface area (Å²) in [5.41, 5.74) is -1.12. The van der Waals surface area contributed by atoms with Crippen LogP contribution in [-0.4, -0.2) is 146 Å². The number of carbonyl (C=O) groups is 2. The summed E-state index contributed by atoms with van der Waals surface area (Å²) in [6.07, 6.45) is -12.9. The molecule has 13 heteroatoms. The first-order valence-electron chi connectivity index (χ1n) is 8.20. The average Bonchev–Trinajstić information content (AvgIpc) is 2.62. The molecule has 1 amide bonds. The normalized spacial score (nSPS) is 34.1. The third-order valence-electron chi connectivity index (χ3n) is 4.50. The van der Waals surface area contributed by atoms with Gasteiger partial charge in [0.1, 0.15) is 24.4 Å². The van der Waals surface area contributed by atoms with E-state index >= 15 is 0 Å². The summed E-state index contributed by atoms with van der Waals surface area (Å²) >= 11 is 0. The van der Waals surface area contributed by atoms with Gasteiger partial charge in [-0.25, -0.2) is 0 Å². The van der Waals surface area contributed by atoms with E-state index in [4.69, 9.17) is 5.11 Å². The van der Waals surface area contributed by atoms with Gasteiger partial charge in [-0.2, -0.15) is 0 Å². The summed E-state index contributed by atoms with van der Waals surface area (Å²) < 4.78 is 4.55. The van der Waals surface area contributed by atoms with E-state index in [2.05, 4.69) is 10.1 Å². The minimum Gasteiger partial charge on any atom is -1.00 e. The van der Waals surface area contributed by atoms with Crippen LogP contribution in [0.3, 0.4) is 0 Å². The number of aliphatic hydroxyl groups is 8. The third-order valence-corrected chi connectivity index (χ3v) is 4.50. The Morgan fingerprint density at radius 2 is 1.57 bits per heavy atom. The number of ether oxygens (including phenoxy) is 1. The fourth-order valence-electron chi connectivity index (χ4n) is 2.42. The number of carbonyl (C=O) groups excluding carboxylic acids is 2. The first kappa shape index (κ1) is 27.9. The van der Waals surface area contributed by atoms with E-state index in [-0.39, 0.29) is 47.1 Å². The number of amides is 1. The molecule has 0 bridgehead atoms. The molecular formula is C15H29CaNO11. The van der Waals surface area contributed by atoms with Crippen molar-refractivity contribution in [2.75, 3.05) is 13.2 Å². The molecular weight excluding hydrogens is 410 g/mol. The molecule has 162 valence electrons. The largest absolute Gasteiger partial charge is 2.00 e. The van der Waals surface area contributed by atoms with Gasteiger partial charge < -0.3 is 53.8 Å². The van der Waals surface area contributed by atoms with Crippen LogP contribution in [0, 0.1) is 5.41 Å². The van der Waals surface area contributed by atoms with Gasteiger partial charge in [-0.05, 0) is 0 Å². The Kier molecular flexibility index (Phi) is 10.7. The van der Waals surface area contributed by atoms with E-state index in [0.29, 0.717) is 0 Å². The molecule has 0 heterocycles. The van der Waals surface area contributed by atoms with Crippen LogP contribution in [0.15, 0.2) is 0 Å². The van der Waals surface area contributed by atoms with Gasteiger partial charge in [-0.3, -0.25) is 9.59 Å². The summed E-state index contributed by atoms with van der Waals surface area (Å²) in [4.78, 5) is 23.6. The molecule has 0 saturated heterocycles. The number of nitrogens with one attached hydrogen (secondary N) is 1. The van der Waals surface area contributed by atoms with Crippen molar-refractivity contribution < 1.29 is 58.0 Å². The average molecular weight is 439 g/mol. The Labute approximate surface area is 193 Å². The fourth-order valence-corrected chi connectivity index (χ4v) is 2.42. The molecule has 1 rings (SSSR count). The predicted molar refractivity (Wildman–Crippen MR) is 93.6 cm³/mol. The molecule has 0 spiro atoms. The van der Waals surface area contributed by atoms with E-state index < -0.39 is 72.7 Å². The maximum Gasteiger partial charge on any atom is 2.00 e. The molecule has 1 saturated carbocycles. The molecule has 12 nitrogen and oxygen atoms in total.